The minimum Gasteiger partial charge on any atom is -0.463 e. The van der Waals surface area contributed by atoms with Crippen LogP contribution in [0, 0.1) is 23.2 Å². The SMILES string of the molecule is CC(C)CC(C)(C)C(=O)OCCOC1C2CC3C1OS(=O)(=O)C3C2. The van der Waals surface area contributed by atoms with Crippen LogP contribution in [-0.2, 0) is 28.6 Å². The van der Waals surface area contributed by atoms with Crippen molar-refractivity contribution in [1.29, 1.82) is 0 Å². The fourth-order valence-corrected chi connectivity index (χ4v) is 6.61. The van der Waals surface area contributed by atoms with Gasteiger partial charge >= 0.3 is 5.97 Å². The summed E-state index contributed by atoms with van der Waals surface area (Å²) < 4.78 is 40.2. The van der Waals surface area contributed by atoms with E-state index in [9.17, 15) is 13.2 Å². The van der Waals surface area contributed by atoms with Crippen molar-refractivity contribution in [2.24, 2.45) is 23.2 Å². The molecule has 0 N–H and O–H groups in total. The van der Waals surface area contributed by atoms with Crippen LogP contribution in [0.4, 0.5) is 0 Å². The lowest BCUT2D eigenvalue weighted by Gasteiger charge is -2.26. The third-order valence-corrected chi connectivity index (χ3v) is 7.29. The van der Waals surface area contributed by atoms with Crippen molar-refractivity contribution < 1.29 is 26.9 Å². The highest BCUT2D eigenvalue weighted by molar-refractivity contribution is 7.87. The van der Waals surface area contributed by atoms with Crippen LogP contribution in [0.15, 0.2) is 0 Å². The maximum absolute atomic E-state index is 12.2. The van der Waals surface area contributed by atoms with Crippen molar-refractivity contribution in [2.75, 3.05) is 13.2 Å². The Hall–Kier alpha value is -0.660. The standard InChI is InChI=1S/C17H28O6S/c1-10(2)9-17(3,4)16(18)22-6-5-21-14-11-7-12-13(8-11)24(19,20)23-15(12)14/h10-15H,5-9H2,1-4H3. The van der Waals surface area contributed by atoms with Crippen molar-refractivity contribution in [3.63, 3.8) is 0 Å². The number of ether oxygens (including phenoxy) is 2. The molecule has 5 unspecified atom stereocenters. The van der Waals surface area contributed by atoms with Crippen molar-refractivity contribution in [1.82, 2.24) is 0 Å². The second kappa shape index (κ2) is 6.25. The van der Waals surface area contributed by atoms with Crippen LogP contribution >= 0.6 is 0 Å². The Labute approximate surface area is 144 Å². The molecule has 0 amide bonds. The summed E-state index contributed by atoms with van der Waals surface area (Å²) in [6.45, 7) is 8.42. The van der Waals surface area contributed by atoms with E-state index in [1.54, 1.807) is 0 Å². The molecule has 0 radical (unpaired) electrons. The zero-order valence-electron chi connectivity index (χ0n) is 14.9. The Morgan fingerprint density at radius 2 is 1.96 bits per heavy atom. The van der Waals surface area contributed by atoms with Gasteiger partial charge in [0.2, 0.25) is 0 Å². The molecule has 24 heavy (non-hydrogen) atoms. The van der Waals surface area contributed by atoms with Crippen LogP contribution in [0.2, 0.25) is 0 Å². The smallest absolute Gasteiger partial charge is 0.311 e. The van der Waals surface area contributed by atoms with Gasteiger partial charge in [-0.25, -0.2) is 0 Å². The molecule has 2 aliphatic carbocycles. The number of carbonyl (C=O) groups is 1. The largest absolute Gasteiger partial charge is 0.463 e. The summed E-state index contributed by atoms with van der Waals surface area (Å²) in [4.78, 5) is 12.2. The highest BCUT2D eigenvalue weighted by Crippen LogP contribution is 2.55. The molecular weight excluding hydrogens is 332 g/mol. The number of carbonyl (C=O) groups excluding carboxylic acids is 1. The quantitative estimate of drug-likeness (QED) is 0.393. The van der Waals surface area contributed by atoms with Gasteiger partial charge in [0.25, 0.3) is 10.1 Å². The maximum atomic E-state index is 12.2. The summed E-state index contributed by atoms with van der Waals surface area (Å²) in [5.74, 6) is 0.535. The third-order valence-electron chi connectivity index (χ3n) is 5.51. The van der Waals surface area contributed by atoms with Crippen LogP contribution in [0.3, 0.4) is 0 Å². The van der Waals surface area contributed by atoms with Crippen molar-refractivity contribution in [2.45, 2.75) is 64.4 Å². The molecule has 6 nitrogen and oxygen atoms in total. The minimum atomic E-state index is -3.40. The molecule has 3 aliphatic rings. The van der Waals surface area contributed by atoms with Gasteiger partial charge in [-0.1, -0.05) is 13.8 Å². The van der Waals surface area contributed by atoms with Crippen LogP contribution < -0.4 is 0 Å². The predicted octanol–water partition coefficient (Wildman–Crippen LogP) is 2.12. The van der Waals surface area contributed by atoms with Gasteiger partial charge in [0.05, 0.1) is 23.4 Å². The normalized spacial score (nSPS) is 36.5. The van der Waals surface area contributed by atoms with Gasteiger partial charge in [0.1, 0.15) is 12.7 Å². The first-order valence-corrected chi connectivity index (χ1v) is 10.3. The van der Waals surface area contributed by atoms with Crippen molar-refractivity contribution in [3.8, 4) is 0 Å². The first-order valence-electron chi connectivity index (χ1n) is 8.83. The van der Waals surface area contributed by atoms with Gasteiger partial charge < -0.3 is 9.47 Å². The fourth-order valence-electron chi connectivity index (χ4n) is 4.73. The molecule has 5 atom stereocenters. The molecule has 138 valence electrons. The summed E-state index contributed by atoms with van der Waals surface area (Å²) in [7, 11) is -3.40. The zero-order valence-corrected chi connectivity index (χ0v) is 15.7. The van der Waals surface area contributed by atoms with Gasteiger partial charge in [0.15, 0.2) is 0 Å². The van der Waals surface area contributed by atoms with Crippen LogP contribution in [0.5, 0.6) is 0 Å². The molecule has 1 heterocycles. The lowest BCUT2D eigenvalue weighted by molar-refractivity contribution is -0.158. The van der Waals surface area contributed by atoms with E-state index < -0.39 is 15.5 Å². The summed E-state index contributed by atoms with van der Waals surface area (Å²) >= 11 is 0. The van der Waals surface area contributed by atoms with Gasteiger partial charge in [-0.05, 0) is 44.9 Å². The molecule has 2 saturated carbocycles. The Bertz CT molecular complexity index is 596. The van der Waals surface area contributed by atoms with Crippen LogP contribution in [0.1, 0.15) is 47.0 Å². The Morgan fingerprint density at radius 3 is 2.62 bits per heavy atom. The first-order chi connectivity index (χ1) is 11.1. The number of hydrogen-bond acceptors (Lipinski definition) is 6. The number of hydrogen-bond donors (Lipinski definition) is 0. The molecule has 0 aromatic rings. The Morgan fingerprint density at radius 1 is 1.25 bits per heavy atom. The molecular formula is C17H28O6S. The second-order valence-corrected chi connectivity index (χ2v) is 10.2. The predicted molar refractivity (Wildman–Crippen MR) is 87.7 cm³/mol. The minimum absolute atomic E-state index is 0.0810. The lowest BCUT2D eigenvalue weighted by atomic mass is 9.84. The van der Waals surface area contributed by atoms with E-state index in [1.807, 2.05) is 13.8 Å². The van der Waals surface area contributed by atoms with E-state index in [1.165, 1.54) is 0 Å². The summed E-state index contributed by atoms with van der Waals surface area (Å²) in [5, 5.41) is -0.331. The Balaban J connectivity index is 1.45. The van der Waals surface area contributed by atoms with Crippen LogP contribution in [0.25, 0.3) is 0 Å². The van der Waals surface area contributed by atoms with E-state index in [2.05, 4.69) is 13.8 Å². The summed E-state index contributed by atoms with van der Waals surface area (Å²) in [6, 6.07) is 0. The van der Waals surface area contributed by atoms with E-state index in [0.29, 0.717) is 12.3 Å². The monoisotopic (exact) mass is 360 g/mol. The van der Waals surface area contributed by atoms with E-state index in [-0.39, 0.29) is 48.5 Å². The van der Waals surface area contributed by atoms with Crippen molar-refractivity contribution in [3.05, 3.63) is 0 Å². The van der Waals surface area contributed by atoms with E-state index in [4.69, 9.17) is 13.7 Å². The fraction of sp³-hybridized carbons (Fsp3) is 0.941. The third kappa shape index (κ3) is 3.22. The molecule has 3 fully saturated rings. The maximum Gasteiger partial charge on any atom is 0.311 e. The average molecular weight is 360 g/mol. The molecule has 3 rings (SSSR count). The number of rotatable bonds is 7. The molecule has 1 aliphatic heterocycles. The van der Waals surface area contributed by atoms with Crippen LogP contribution in [-0.4, -0.2) is 45.1 Å². The summed E-state index contributed by atoms with van der Waals surface area (Å²) in [5.41, 5.74) is -0.504. The van der Waals surface area contributed by atoms with E-state index >= 15 is 0 Å². The van der Waals surface area contributed by atoms with Gasteiger partial charge in [-0.2, -0.15) is 8.42 Å². The molecule has 2 bridgehead atoms. The molecule has 0 aromatic heterocycles. The van der Waals surface area contributed by atoms with E-state index in [0.717, 1.165) is 12.8 Å². The average Bonchev–Trinajstić information content (AvgIpc) is 3.04. The zero-order chi connectivity index (χ0) is 17.7. The number of fused-ring (bicyclic) bond motifs is 1. The lowest BCUT2D eigenvalue weighted by Crippen LogP contribution is -2.36. The first kappa shape index (κ1) is 18.1. The van der Waals surface area contributed by atoms with Gasteiger partial charge in [-0.3, -0.25) is 8.98 Å². The van der Waals surface area contributed by atoms with Gasteiger partial charge in [0, 0.05) is 5.92 Å². The van der Waals surface area contributed by atoms with Crippen molar-refractivity contribution >= 4 is 16.1 Å². The Kier molecular flexibility index (Phi) is 4.73. The topological polar surface area (TPSA) is 78.9 Å². The summed E-state index contributed by atoms with van der Waals surface area (Å²) in [6.07, 6.45) is 1.74. The highest BCUT2D eigenvalue weighted by atomic mass is 32.2. The molecule has 1 saturated heterocycles. The highest BCUT2D eigenvalue weighted by Gasteiger charge is 2.64. The molecule has 0 aromatic carbocycles. The molecule has 0 spiro atoms. The second-order valence-electron chi connectivity index (χ2n) is 8.44. The number of esters is 1. The molecule has 7 heteroatoms. The van der Waals surface area contributed by atoms with Gasteiger partial charge in [-0.15, -0.1) is 0 Å².